The van der Waals surface area contributed by atoms with Crippen molar-refractivity contribution in [2.75, 3.05) is 14.2 Å². The van der Waals surface area contributed by atoms with Crippen molar-refractivity contribution in [3.63, 3.8) is 0 Å². The van der Waals surface area contributed by atoms with Crippen LogP contribution in [0.3, 0.4) is 0 Å². The summed E-state index contributed by atoms with van der Waals surface area (Å²) in [6, 6.07) is 46.0. The van der Waals surface area contributed by atoms with Gasteiger partial charge in [-0.05, 0) is 24.3 Å². The Bertz CT molecular complexity index is 2080. The van der Waals surface area contributed by atoms with Crippen LogP contribution in [0.2, 0.25) is 0 Å². The van der Waals surface area contributed by atoms with E-state index < -0.39 is 38.4 Å². The van der Waals surface area contributed by atoms with E-state index in [1.165, 1.54) is 14.2 Å². The van der Waals surface area contributed by atoms with Crippen molar-refractivity contribution in [1.82, 2.24) is 0 Å². The van der Waals surface area contributed by atoms with Gasteiger partial charge in [0.2, 0.25) is 0 Å². The van der Waals surface area contributed by atoms with Gasteiger partial charge in [0.25, 0.3) is 0 Å². The number of esters is 2. The molecular formula is C42H34O8P2. The number of rotatable bonds is 8. The van der Waals surface area contributed by atoms with Crippen LogP contribution in [0.4, 0.5) is 0 Å². The smallest absolute Gasteiger partial charge is 0.344 e. The minimum absolute atomic E-state index is 0.00538. The van der Waals surface area contributed by atoms with Gasteiger partial charge >= 0.3 is 11.9 Å². The lowest BCUT2D eigenvalue weighted by molar-refractivity contribution is -0.167. The highest BCUT2D eigenvalue weighted by Gasteiger charge is 2.43. The Hall–Kier alpha value is -5.36. The summed E-state index contributed by atoms with van der Waals surface area (Å²) in [7, 11) is -5.12. The largest absolute Gasteiger partial charge is 0.424 e. The zero-order valence-electron chi connectivity index (χ0n) is 28.3. The van der Waals surface area contributed by atoms with Gasteiger partial charge in [-0.15, -0.1) is 0 Å². The normalized spacial score (nSPS) is 16.2. The van der Waals surface area contributed by atoms with Gasteiger partial charge in [0.15, 0.2) is 26.5 Å². The molecule has 6 aromatic carbocycles. The van der Waals surface area contributed by atoms with Crippen LogP contribution in [0.5, 0.6) is 11.5 Å². The van der Waals surface area contributed by atoms with Crippen molar-refractivity contribution in [2.24, 2.45) is 0 Å². The maximum Gasteiger partial charge on any atom is 0.344 e. The summed E-state index contributed by atoms with van der Waals surface area (Å²) in [6.45, 7) is 0. The third kappa shape index (κ3) is 6.04. The van der Waals surface area contributed by atoms with Gasteiger partial charge in [0, 0.05) is 57.2 Å². The Morgan fingerprint density at radius 1 is 0.423 bits per heavy atom. The highest BCUT2D eigenvalue weighted by molar-refractivity contribution is 7.86. The maximum absolute atomic E-state index is 16.2. The molecule has 0 amide bonds. The van der Waals surface area contributed by atoms with Crippen LogP contribution in [0, 0.1) is 0 Å². The number of fused-ring (bicyclic) bond motifs is 3. The molecule has 10 heteroatoms. The van der Waals surface area contributed by atoms with Crippen LogP contribution < -0.4 is 41.3 Å². The van der Waals surface area contributed by atoms with Crippen LogP contribution in [0.25, 0.3) is 11.1 Å². The maximum atomic E-state index is 16.2. The fourth-order valence-electron chi connectivity index (χ4n) is 6.66. The summed E-state index contributed by atoms with van der Waals surface area (Å²) < 4.78 is 55.5. The van der Waals surface area contributed by atoms with Crippen LogP contribution in [-0.4, -0.2) is 38.4 Å². The molecule has 0 radical (unpaired) electrons. The fraction of sp³-hybridized carbons (Fsp3) is 0.0952. The SMILES string of the molecule is CO[C@H]1C(=O)Oc2cccc(P(=O)(c3ccccc3)c3ccccc3)c2-c2c(cccc2P(=O)(c2ccccc2)c2ccccc2)OC(=O)[C@@H]1OC. The highest BCUT2D eigenvalue weighted by atomic mass is 31.2. The molecule has 1 aliphatic rings. The summed E-state index contributed by atoms with van der Waals surface area (Å²) in [6.07, 6.45) is -3.01. The molecule has 6 aromatic rings. The Morgan fingerprint density at radius 3 is 0.981 bits per heavy atom. The first-order valence-electron chi connectivity index (χ1n) is 16.5. The van der Waals surface area contributed by atoms with E-state index in [-0.39, 0.29) is 33.2 Å². The number of benzene rings is 6. The number of hydrogen-bond donors (Lipinski definition) is 0. The summed E-state index contributed by atoms with van der Waals surface area (Å²) >= 11 is 0. The Labute approximate surface area is 301 Å². The van der Waals surface area contributed by atoms with Gasteiger partial charge < -0.3 is 28.1 Å². The Balaban J connectivity index is 1.66. The van der Waals surface area contributed by atoms with E-state index >= 15 is 9.13 Å². The predicted octanol–water partition coefficient (Wildman–Crippen LogP) is 5.49. The van der Waals surface area contributed by atoms with Crippen molar-refractivity contribution in [2.45, 2.75) is 12.2 Å². The van der Waals surface area contributed by atoms with Gasteiger partial charge in [0.05, 0.1) is 0 Å². The molecule has 0 spiro atoms. The Morgan fingerprint density at radius 2 is 0.712 bits per heavy atom. The quantitative estimate of drug-likeness (QED) is 0.115. The first kappa shape index (κ1) is 35.1. The lowest BCUT2D eigenvalue weighted by Gasteiger charge is -2.30. The van der Waals surface area contributed by atoms with E-state index in [2.05, 4.69) is 0 Å². The topological polar surface area (TPSA) is 105 Å². The zero-order chi connectivity index (χ0) is 36.3. The minimum atomic E-state index is -3.82. The van der Waals surface area contributed by atoms with Gasteiger partial charge in [-0.2, -0.15) is 0 Å². The van der Waals surface area contributed by atoms with Crippen LogP contribution in [0.1, 0.15) is 0 Å². The second kappa shape index (κ2) is 14.7. The molecule has 0 N–H and O–H groups in total. The third-order valence-electron chi connectivity index (χ3n) is 9.08. The summed E-state index contributed by atoms with van der Waals surface area (Å²) in [5.41, 5.74) is 0.367. The second-order valence-corrected chi connectivity index (χ2v) is 17.5. The third-order valence-corrected chi connectivity index (χ3v) is 15.3. The molecule has 2 atom stereocenters. The second-order valence-electron chi connectivity index (χ2n) is 12.0. The summed E-state index contributed by atoms with van der Waals surface area (Å²) in [5.74, 6) is -1.86. The first-order valence-corrected chi connectivity index (χ1v) is 19.9. The molecule has 260 valence electrons. The lowest BCUT2D eigenvalue weighted by atomic mass is 10.0. The number of carbonyl (C=O) groups is 2. The van der Waals surface area contributed by atoms with Crippen molar-refractivity contribution in [3.05, 3.63) is 158 Å². The van der Waals surface area contributed by atoms with Gasteiger partial charge in [-0.3, -0.25) is 0 Å². The molecule has 7 rings (SSSR count). The van der Waals surface area contributed by atoms with Crippen LogP contribution in [-0.2, 0) is 28.2 Å². The van der Waals surface area contributed by atoms with E-state index in [0.717, 1.165) is 0 Å². The fourth-order valence-corrected chi connectivity index (χ4v) is 12.4. The lowest BCUT2D eigenvalue weighted by Crippen LogP contribution is -2.47. The van der Waals surface area contributed by atoms with E-state index in [9.17, 15) is 9.59 Å². The zero-order valence-corrected chi connectivity index (χ0v) is 30.1. The van der Waals surface area contributed by atoms with Gasteiger partial charge in [0.1, 0.15) is 11.5 Å². The molecule has 0 unspecified atom stereocenters. The molecular weight excluding hydrogens is 694 g/mol. The van der Waals surface area contributed by atoms with Crippen molar-refractivity contribution < 1.29 is 37.7 Å². The average molecular weight is 729 g/mol. The van der Waals surface area contributed by atoms with E-state index in [0.29, 0.717) is 21.2 Å². The monoisotopic (exact) mass is 728 g/mol. The molecule has 0 aromatic heterocycles. The average Bonchev–Trinajstić information content (AvgIpc) is 3.20. The van der Waals surface area contributed by atoms with Gasteiger partial charge in [-0.25, -0.2) is 9.59 Å². The molecule has 52 heavy (non-hydrogen) atoms. The number of ether oxygens (including phenoxy) is 4. The summed E-state index contributed by atoms with van der Waals surface area (Å²) in [4.78, 5) is 27.8. The molecule has 0 saturated carbocycles. The van der Waals surface area contributed by atoms with E-state index in [1.807, 2.05) is 24.3 Å². The number of carbonyl (C=O) groups excluding carboxylic acids is 2. The molecule has 1 heterocycles. The number of methoxy groups -OCH3 is 2. The molecule has 0 saturated heterocycles. The van der Waals surface area contributed by atoms with Crippen molar-refractivity contribution in [3.8, 4) is 22.6 Å². The standard InChI is InChI=1S/C42H34O8P2/c1-47-39-40(48-2)42(44)50-34-26-16-28-36(52(46,31-21-11-5-12-22-31)32-23-13-6-14-24-32)38(34)37-33(49-41(39)43)25-15-27-35(37)51(45,29-17-7-3-8-18-29)30-19-9-4-10-20-30/h3-28,39-40H,1-2H3/t39-,40-/m1/s1. The number of hydrogen-bond acceptors (Lipinski definition) is 8. The molecule has 0 bridgehead atoms. The predicted molar refractivity (Wildman–Crippen MR) is 204 cm³/mol. The van der Waals surface area contributed by atoms with E-state index in [1.54, 1.807) is 133 Å². The molecule has 1 aliphatic heterocycles. The van der Waals surface area contributed by atoms with Crippen molar-refractivity contribution in [1.29, 1.82) is 0 Å². The molecule has 0 aliphatic carbocycles. The molecule has 8 nitrogen and oxygen atoms in total. The van der Waals surface area contributed by atoms with Crippen molar-refractivity contribution >= 4 is 58.0 Å². The molecule has 0 fully saturated rings. The Kier molecular flexibility index (Phi) is 9.92. The minimum Gasteiger partial charge on any atom is -0.424 e. The van der Waals surface area contributed by atoms with Crippen LogP contribution >= 0.6 is 14.3 Å². The van der Waals surface area contributed by atoms with Gasteiger partial charge in [-0.1, -0.05) is 133 Å². The first-order chi connectivity index (χ1) is 25.3. The highest BCUT2D eigenvalue weighted by Crippen LogP contribution is 2.53. The van der Waals surface area contributed by atoms with Crippen LogP contribution in [0.15, 0.2) is 158 Å². The summed E-state index contributed by atoms with van der Waals surface area (Å²) in [5, 5.41) is 2.61. The van der Waals surface area contributed by atoms with E-state index in [4.69, 9.17) is 18.9 Å².